The van der Waals surface area contributed by atoms with Gasteiger partial charge in [0, 0.05) is 13.2 Å². The fourth-order valence-electron chi connectivity index (χ4n) is 4.70. The molecule has 0 saturated carbocycles. The van der Waals surface area contributed by atoms with Crippen molar-refractivity contribution >= 4 is 16.9 Å². The van der Waals surface area contributed by atoms with Crippen LogP contribution in [0.15, 0.2) is 45.6 Å². The molecule has 5 rings (SSSR count). The molecule has 0 aliphatic carbocycles. The van der Waals surface area contributed by atoms with Crippen molar-refractivity contribution in [2.45, 2.75) is 31.9 Å². The van der Waals surface area contributed by atoms with Crippen molar-refractivity contribution in [3.8, 4) is 11.5 Å². The monoisotopic (exact) mass is 435 g/mol. The third-order valence-electron chi connectivity index (χ3n) is 6.27. The van der Waals surface area contributed by atoms with E-state index in [1.165, 1.54) is 0 Å². The molecule has 2 unspecified atom stereocenters. The first-order valence-corrected chi connectivity index (χ1v) is 10.7. The summed E-state index contributed by atoms with van der Waals surface area (Å²) in [4.78, 5) is 28.8. The molecule has 7 nitrogen and oxygen atoms in total. The number of carbonyl (C=O) groups is 1. The Kier molecular flexibility index (Phi) is 5.13. The quantitative estimate of drug-likeness (QED) is 0.606. The molecule has 7 heteroatoms. The van der Waals surface area contributed by atoms with Crippen LogP contribution in [0.4, 0.5) is 0 Å². The predicted molar refractivity (Wildman–Crippen MR) is 119 cm³/mol. The van der Waals surface area contributed by atoms with Gasteiger partial charge < -0.3 is 23.5 Å². The molecule has 0 radical (unpaired) electrons. The minimum Gasteiger partial charge on any atom is -0.493 e. The number of ether oxygens (including phenoxy) is 3. The number of fused-ring (bicyclic) bond motifs is 2. The Morgan fingerprint density at radius 1 is 1.06 bits per heavy atom. The molecule has 1 amide bonds. The largest absolute Gasteiger partial charge is 0.493 e. The van der Waals surface area contributed by atoms with E-state index >= 15 is 0 Å². The van der Waals surface area contributed by atoms with Crippen molar-refractivity contribution in [1.29, 1.82) is 0 Å². The van der Waals surface area contributed by atoms with Crippen LogP contribution in [0.25, 0.3) is 11.0 Å². The lowest BCUT2D eigenvalue weighted by Crippen LogP contribution is -2.36. The van der Waals surface area contributed by atoms with Crippen LogP contribution in [0.2, 0.25) is 0 Å². The van der Waals surface area contributed by atoms with E-state index in [1.807, 2.05) is 25.1 Å². The van der Waals surface area contributed by atoms with Crippen molar-refractivity contribution in [2.75, 3.05) is 27.4 Å². The smallest absolute Gasteiger partial charge is 0.291 e. The lowest BCUT2D eigenvalue weighted by molar-refractivity contribution is 0.0486. The first-order chi connectivity index (χ1) is 15.5. The van der Waals surface area contributed by atoms with Gasteiger partial charge in [-0.2, -0.15) is 0 Å². The number of methoxy groups -OCH3 is 2. The second-order valence-corrected chi connectivity index (χ2v) is 8.28. The normalized spacial score (nSPS) is 20.1. The van der Waals surface area contributed by atoms with Crippen LogP contribution in [0, 0.1) is 6.92 Å². The summed E-state index contributed by atoms with van der Waals surface area (Å²) in [5.41, 5.74) is 2.30. The number of hydrogen-bond donors (Lipinski definition) is 0. The van der Waals surface area contributed by atoms with Crippen molar-refractivity contribution in [1.82, 2.24) is 4.90 Å². The summed E-state index contributed by atoms with van der Waals surface area (Å²) in [7, 11) is 3.13. The Morgan fingerprint density at radius 2 is 1.88 bits per heavy atom. The average Bonchev–Trinajstić information content (AvgIpc) is 3.41. The van der Waals surface area contributed by atoms with Gasteiger partial charge in [-0.15, -0.1) is 0 Å². The number of carbonyl (C=O) groups excluding carboxylic acids is 1. The highest BCUT2D eigenvalue weighted by atomic mass is 16.5. The molecule has 32 heavy (non-hydrogen) atoms. The molecule has 2 aliphatic rings. The Morgan fingerprint density at radius 3 is 2.59 bits per heavy atom. The van der Waals surface area contributed by atoms with Crippen molar-refractivity contribution in [2.24, 2.45) is 0 Å². The molecule has 2 atom stereocenters. The van der Waals surface area contributed by atoms with Crippen LogP contribution in [0.3, 0.4) is 0 Å². The Hall–Kier alpha value is -3.32. The van der Waals surface area contributed by atoms with Crippen molar-refractivity contribution < 1.29 is 23.4 Å². The van der Waals surface area contributed by atoms with Gasteiger partial charge in [-0.25, -0.2) is 0 Å². The summed E-state index contributed by atoms with van der Waals surface area (Å²) in [5.74, 6) is 0.913. The van der Waals surface area contributed by atoms with Crippen LogP contribution in [0.5, 0.6) is 11.5 Å². The van der Waals surface area contributed by atoms with E-state index in [0.29, 0.717) is 41.2 Å². The van der Waals surface area contributed by atoms with E-state index < -0.39 is 6.04 Å². The van der Waals surface area contributed by atoms with Crippen molar-refractivity contribution in [3.05, 3.63) is 69.1 Å². The number of rotatable bonds is 5. The van der Waals surface area contributed by atoms with E-state index in [0.717, 1.165) is 24.0 Å². The second kappa shape index (κ2) is 7.98. The molecule has 0 spiro atoms. The van der Waals surface area contributed by atoms with Crippen LogP contribution < -0.4 is 14.9 Å². The van der Waals surface area contributed by atoms with Crippen molar-refractivity contribution in [3.63, 3.8) is 0 Å². The molecule has 3 heterocycles. The molecule has 1 saturated heterocycles. The molecule has 3 aromatic rings. The Balaban J connectivity index is 1.71. The molecule has 166 valence electrons. The van der Waals surface area contributed by atoms with Gasteiger partial charge >= 0.3 is 0 Å². The number of amides is 1. The minimum absolute atomic E-state index is 0.0670. The lowest BCUT2D eigenvalue weighted by atomic mass is 9.97. The van der Waals surface area contributed by atoms with Gasteiger partial charge in [-0.3, -0.25) is 9.59 Å². The number of benzene rings is 2. The maximum Gasteiger partial charge on any atom is 0.291 e. The second-order valence-electron chi connectivity index (χ2n) is 8.28. The van der Waals surface area contributed by atoms with Gasteiger partial charge in [-0.1, -0.05) is 17.7 Å². The van der Waals surface area contributed by atoms with Gasteiger partial charge in [0.2, 0.25) is 5.76 Å². The number of hydrogen-bond acceptors (Lipinski definition) is 6. The van der Waals surface area contributed by atoms with Crippen LogP contribution in [0.1, 0.15) is 46.1 Å². The molecular formula is C25H25NO6. The fraction of sp³-hybridized carbons (Fsp3) is 0.360. The predicted octanol–water partition coefficient (Wildman–Crippen LogP) is 3.84. The summed E-state index contributed by atoms with van der Waals surface area (Å²) in [5, 5.41) is 0.473. The fourth-order valence-corrected chi connectivity index (χ4v) is 4.70. The summed E-state index contributed by atoms with van der Waals surface area (Å²) < 4.78 is 22.7. The van der Waals surface area contributed by atoms with Crippen LogP contribution >= 0.6 is 0 Å². The zero-order valence-electron chi connectivity index (χ0n) is 18.3. The standard InChI is InChI=1S/C25H25NO6/c1-14-6-8-18-17(11-14)23(27)21-22(15-7-9-19(29-2)20(12-15)30-3)26(25(28)24(21)32-18)13-16-5-4-10-31-16/h6-9,11-12,16,22H,4-5,10,13H2,1-3H3. The van der Waals surface area contributed by atoms with Gasteiger partial charge in [0.25, 0.3) is 5.91 Å². The van der Waals surface area contributed by atoms with Gasteiger partial charge in [0.1, 0.15) is 5.58 Å². The summed E-state index contributed by atoms with van der Waals surface area (Å²) in [6.45, 7) is 2.99. The first kappa shape index (κ1) is 20.6. The highest BCUT2D eigenvalue weighted by molar-refractivity contribution is 5.99. The first-order valence-electron chi connectivity index (χ1n) is 10.7. The van der Waals surface area contributed by atoms with E-state index in [4.69, 9.17) is 18.6 Å². The highest BCUT2D eigenvalue weighted by Crippen LogP contribution is 2.41. The molecule has 1 fully saturated rings. The number of nitrogens with zero attached hydrogens (tertiary/aromatic N) is 1. The summed E-state index contributed by atoms with van der Waals surface area (Å²) in [6.07, 6.45) is 1.77. The molecule has 2 aromatic carbocycles. The lowest BCUT2D eigenvalue weighted by Gasteiger charge is -2.27. The van der Waals surface area contributed by atoms with E-state index in [9.17, 15) is 9.59 Å². The molecule has 1 aromatic heterocycles. The zero-order valence-corrected chi connectivity index (χ0v) is 18.3. The maximum atomic E-state index is 13.6. The molecule has 0 bridgehead atoms. The summed E-state index contributed by atoms with van der Waals surface area (Å²) >= 11 is 0. The van der Waals surface area contributed by atoms with Gasteiger partial charge in [0.05, 0.1) is 37.3 Å². The maximum absolute atomic E-state index is 13.6. The molecule has 2 aliphatic heterocycles. The summed E-state index contributed by atoms with van der Waals surface area (Å²) in [6, 6.07) is 10.3. The van der Waals surface area contributed by atoms with E-state index in [1.54, 1.807) is 37.3 Å². The highest BCUT2D eigenvalue weighted by Gasteiger charge is 2.44. The number of aryl methyl sites for hydroxylation is 1. The Labute approximate surface area is 185 Å². The molecular weight excluding hydrogens is 410 g/mol. The van der Waals surface area contributed by atoms with Crippen LogP contribution in [-0.4, -0.2) is 44.3 Å². The van der Waals surface area contributed by atoms with Gasteiger partial charge in [-0.05, 0) is 49.6 Å². The van der Waals surface area contributed by atoms with Crippen LogP contribution in [-0.2, 0) is 4.74 Å². The SMILES string of the molecule is COc1ccc(C2c3c(oc4ccc(C)cc4c3=O)C(=O)N2CC2CCCO2)cc1OC. The average molecular weight is 435 g/mol. The third kappa shape index (κ3) is 3.24. The van der Waals surface area contributed by atoms with E-state index in [2.05, 4.69) is 0 Å². The molecule has 0 N–H and O–H groups in total. The minimum atomic E-state index is -0.595. The zero-order chi connectivity index (χ0) is 22.4. The Bertz CT molecular complexity index is 1260. The van der Waals surface area contributed by atoms with E-state index in [-0.39, 0.29) is 23.2 Å². The topological polar surface area (TPSA) is 78.2 Å². The third-order valence-corrected chi connectivity index (χ3v) is 6.27. The van der Waals surface area contributed by atoms with Gasteiger partial charge in [0.15, 0.2) is 16.9 Å².